The van der Waals surface area contributed by atoms with Crippen LogP contribution in [0, 0.1) is 0 Å². The number of aliphatic hydroxyl groups is 1. The first-order valence-electron chi connectivity index (χ1n) is 4.55. The number of methoxy groups -OCH3 is 1. The van der Waals surface area contributed by atoms with E-state index in [-0.39, 0.29) is 5.11 Å². The number of benzene rings is 1. The normalized spacial score (nSPS) is 18.5. The minimum absolute atomic E-state index is 0.146. The molecule has 1 heterocycles. The lowest BCUT2D eigenvalue weighted by Crippen LogP contribution is -2.38. The number of rotatable bonds is 1. The Bertz CT molecular complexity index is 475. The zero-order chi connectivity index (χ0) is 11.9. The Balaban J connectivity index is 2.51. The third-order valence-electron chi connectivity index (χ3n) is 2.47. The molecule has 16 heavy (non-hydrogen) atoms. The van der Waals surface area contributed by atoms with Crippen LogP contribution >= 0.6 is 12.2 Å². The molecule has 1 aromatic carbocycles. The van der Waals surface area contributed by atoms with E-state index in [1.54, 1.807) is 18.2 Å². The molecule has 6 heteroatoms. The average molecular weight is 238 g/mol. The van der Waals surface area contributed by atoms with Crippen LogP contribution in [-0.4, -0.2) is 28.1 Å². The molecule has 1 atom stereocenters. The first-order valence-corrected chi connectivity index (χ1v) is 4.96. The highest BCUT2D eigenvalue weighted by Gasteiger charge is 2.37. The number of amides is 1. The molecule has 0 aliphatic carbocycles. The smallest absolute Gasteiger partial charge is 0.263 e. The van der Waals surface area contributed by atoms with E-state index < -0.39 is 12.1 Å². The number of carbonyl (C=O) groups excluding carboxylic acids is 1. The predicted molar refractivity (Wildman–Crippen MR) is 60.9 cm³/mol. The highest BCUT2D eigenvalue weighted by molar-refractivity contribution is 7.80. The van der Waals surface area contributed by atoms with Crippen LogP contribution in [0.25, 0.3) is 0 Å². The van der Waals surface area contributed by atoms with Crippen molar-refractivity contribution in [1.29, 1.82) is 0 Å². The number of ether oxygens (including phenoxy) is 1. The molecule has 1 amide bonds. The van der Waals surface area contributed by atoms with E-state index >= 15 is 0 Å². The van der Waals surface area contributed by atoms with Crippen LogP contribution < -0.4 is 10.5 Å². The van der Waals surface area contributed by atoms with Gasteiger partial charge in [0.15, 0.2) is 11.3 Å². The van der Waals surface area contributed by atoms with Crippen LogP contribution in [0.4, 0.5) is 0 Å². The third-order valence-corrected chi connectivity index (χ3v) is 2.67. The first-order chi connectivity index (χ1) is 7.56. The van der Waals surface area contributed by atoms with Gasteiger partial charge in [-0.3, -0.25) is 9.69 Å². The summed E-state index contributed by atoms with van der Waals surface area (Å²) in [5, 5.41) is 9.70. The highest BCUT2D eigenvalue weighted by Crippen LogP contribution is 2.33. The molecule has 0 aromatic heterocycles. The van der Waals surface area contributed by atoms with Crippen molar-refractivity contribution in [3.05, 3.63) is 29.3 Å². The molecule has 84 valence electrons. The topological polar surface area (TPSA) is 75.8 Å². The van der Waals surface area contributed by atoms with Gasteiger partial charge in [-0.1, -0.05) is 6.07 Å². The van der Waals surface area contributed by atoms with Crippen molar-refractivity contribution in [1.82, 2.24) is 4.90 Å². The van der Waals surface area contributed by atoms with E-state index in [2.05, 4.69) is 0 Å². The van der Waals surface area contributed by atoms with E-state index in [1.165, 1.54) is 7.11 Å². The average Bonchev–Trinajstić information content (AvgIpc) is 2.51. The van der Waals surface area contributed by atoms with Crippen LogP contribution in [-0.2, 0) is 0 Å². The van der Waals surface area contributed by atoms with Crippen LogP contribution in [0.15, 0.2) is 18.2 Å². The number of aliphatic hydroxyl groups excluding tert-OH is 1. The van der Waals surface area contributed by atoms with E-state index in [0.29, 0.717) is 16.9 Å². The predicted octanol–water partition coefficient (Wildman–Crippen LogP) is 0.386. The van der Waals surface area contributed by atoms with Crippen LogP contribution in [0.3, 0.4) is 0 Å². The van der Waals surface area contributed by atoms with Crippen molar-refractivity contribution in [2.45, 2.75) is 6.23 Å². The second-order valence-electron chi connectivity index (χ2n) is 3.34. The van der Waals surface area contributed by atoms with E-state index in [4.69, 9.17) is 22.7 Å². The molecule has 0 bridgehead atoms. The number of hydrogen-bond donors (Lipinski definition) is 2. The monoisotopic (exact) mass is 238 g/mol. The fourth-order valence-corrected chi connectivity index (χ4v) is 1.86. The molecule has 1 aliphatic rings. The number of nitrogens with two attached hydrogens (primary N) is 1. The Morgan fingerprint density at radius 3 is 2.88 bits per heavy atom. The van der Waals surface area contributed by atoms with E-state index in [0.717, 1.165) is 4.90 Å². The van der Waals surface area contributed by atoms with E-state index in [1.807, 2.05) is 0 Å². The van der Waals surface area contributed by atoms with Gasteiger partial charge in [-0.25, -0.2) is 0 Å². The highest BCUT2D eigenvalue weighted by atomic mass is 32.1. The largest absolute Gasteiger partial charge is 0.497 e. The minimum Gasteiger partial charge on any atom is -0.497 e. The minimum atomic E-state index is -1.11. The zero-order valence-electron chi connectivity index (χ0n) is 8.51. The molecular formula is C10H10N2O3S. The Labute approximate surface area is 97.4 Å². The molecule has 0 saturated carbocycles. The van der Waals surface area contributed by atoms with Gasteiger partial charge in [-0.15, -0.1) is 0 Å². The van der Waals surface area contributed by atoms with Crippen molar-refractivity contribution >= 4 is 23.2 Å². The molecule has 1 aliphatic heterocycles. The Morgan fingerprint density at radius 1 is 1.62 bits per heavy atom. The number of hydrogen-bond acceptors (Lipinski definition) is 4. The van der Waals surface area contributed by atoms with Gasteiger partial charge >= 0.3 is 0 Å². The maximum absolute atomic E-state index is 11.9. The summed E-state index contributed by atoms with van der Waals surface area (Å²) >= 11 is 4.71. The van der Waals surface area contributed by atoms with Crippen molar-refractivity contribution in [3.63, 3.8) is 0 Å². The summed E-state index contributed by atoms with van der Waals surface area (Å²) in [4.78, 5) is 12.8. The third kappa shape index (κ3) is 1.43. The fraction of sp³-hybridized carbons (Fsp3) is 0.200. The van der Waals surface area contributed by atoms with Gasteiger partial charge < -0.3 is 15.6 Å². The first kappa shape index (κ1) is 10.8. The number of nitrogens with zero attached hydrogens (tertiary/aromatic N) is 1. The number of fused-ring (bicyclic) bond motifs is 1. The van der Waals surface area contributed by atoms with Crippen molar-refractivity contribution in [2.24, 2.45) is 5.73 Å². The molecule has 1 aromatic rings. The Morgan fingerprint density at radius 2 is 2.31 bits per heavy atom. The van der Waals surface area contributed by atoms with Gasteiger partial charge in [-0.2, -0.15) is 0 Å². The Hall–Kier alpha value is -1.66. The van der Waals surface area contributed by atoms with Gasteiger partial charge in [0.25, 0.3) is 5.91 Å². The summed E-state index contributed by atoms with van der Waals surface area (Å²) in [5.41, 5.74) is 6.22. The van der Waals surface area contributed by atoms with Gasteiger partial charge in [0.05, 0.1) is 12.7 Å². The lowest BCUT2D eigenvalue weighted by Gasteiger charge is -2.17. The second kappa shape index (κ2) is 3.73. The van der Waals surface area contributed by atoms with Gasteiger partial charge in [0.2, 0.25) is 0 Å². The SMILES string of the molecule is COc1ccc2c(c1)C(=O)N(C(N)=S)C2O. The summed E-state index contributed by atoms with van der Waals surface area (Å²) in [5.74, 6) is 0.137. The summed E-state index contributed by atoms with van der Waals surface area (Å²) in [7, 11) is 1.50. The fourth-order valence-electron chi connectivity index (χ4n) is 1.67. The summed E-state index contributed by atoms with van der Waals surface area (Å²) in [6, 6.07) is 4.84. The van der Waals surface area contributed by atoms with Crippen molar-refractivity contribution in [3.8, 4) is 5.75 Å². The van der Waals surface area contributed by atoms with Gasteiger partial charge in [0.1, 0.15) is 5.75 Å². The number of thiocarbonyl (C=S) groups is 1. The lowest BCUT2D eigenvalue weighted by molar-refractivity contribution is 0.0490. The standard InChI is InChI=1S/C10H10N2O3S/c1-15-5-2-3-6-7(4-5)9(14)12(8(6)13)10(11)16/h2-4,8,13H,1H3,(H2,11,16). The van der Waals surface area contributed by atoms with Crippen molar-refractivity contribution in [2.75, 3.05) is 7.11 Å². The summed E-state index contributed by atoms with van der Waals surface area (Å²) in [6.45, 7) is 0. The van der Waals surface area contributed by atoms with E-state index in [9.17, 15) is 9.90 Å². The maximum atomic E-state index is 11.9. The molecule has 1 unspecified atom stereocenters. The summed E-state index contributed by atoms with van der Waals surface area (Å²) < 4.78 is 5.00. The maximum Gasteiger partial charge on any atom is 0.263 e. The molecule has 2 rings (SSSR count). The quantitative estimate of drug-likeness (QED) is 0.692. The molecule has 0 radical (unpaired) electrons. The molecule has 3 N–H and O–H groups in total. The second-order valence-corrected chi connectivity index (χ2v) is 3.76. The van der Waals surface area contributed by atoms with Crippen LogP contribution in [0.2, 0.25) is 0 Å². The lowest BCUT2D eigenvalue weighted by atomic mass is 10.1. The van der Waals surface area contributed by atoms with Crippen LogP contribution in [0.1, 0.15) is 22.1 Å². The summed E-state index contributed by atoms with van der Waals surface area (Å²) in [6.07, 6.45) is -1.11. The molecule has 0 saturated heterocycles. The van der Waals surface area contributed by atoms with Gasteiger partial charge in [-0.05, 0) is 24.4 Å². The van der Waals surface area contributed by atoms with Crippen molar-refractivity contribution < 1.29 is 14.6 Å². The van der Waals surface area contributed by atoms with Crippen LogP contribution in [0.5, 0.6) is 5.75 Å². The molecule has 0 fully saturated rings. The molecule has 5 nitrogen and oxygen atoms in total. The Kier molecular flexibility index (Phi) is 2.53. The zero-order valence-corrected chi connectivity index (χ0v) is 9.32. The number of carbonyl (C=O) groups is 1. The van der Waals surface area contributed by atoms with Gasteiger partial charge in [0, 0.05) is 5.56 Å². The molecular weight excluding hydrogens is 228 g/mol. The molecule has 0 spiro atoms.